The van der Waals surface area contributed by atoms with E-state index in [-0.39, 0.29) is 5.82 Å². The van der Waals surface area contributed by atoms with Gasteiger partial charge < -0.3 is 10.6 Å². The summed E-state index contributed by atoms with van der Waals surface area (Å²) in [4.78, 5) is 6.85. The third-order valence-corrected chi connectivity index (χ3v) is 4.67. The summed E-state index contributed by atoms with van der Waals surface area (Å²) in [5.41, 5.74) is 7.73. The number of anilines is 1. The molecule has 3 aromatic rings. The number of nitrogens with two attached hydrogens (primary N) is 1. The highest BCUT2D eigenvalue weighted by Gasteiger charge is 2.22. The average molecular weight is 325 g/mol. The molecule has 2 aromatic heterocycles. The first kappa shape index (κ1) is 15.1. The number of rotatable bonds is 3. The monoisotopic (exact) mass is 325 g/mol. The molecule has 24 heavy (non-hydrogen) atoms. The Kier molecular flexibility index (Phi) is 3.90. The average Bonchev–Trinajstić information content (AvgIpc) is 3.10. The Morgan fingerprint density at radius 2 is 2.12 bits per heavy atom. The van der Waals surface area contributed by atoms with Crippen LogP contribution in [0.1, 0.15) is 12.8 Å². The fourth-order valence-electron chi connectivity index (χ4n) is 3.39. The molecular weight excluding hydrogens is 305 g/mol. The first-order valence-electron chi connectivity index (χ1n) is 8.31. The molecule has 0 aliphatic carbocycles. The van der Waals surface area contributed by atoms with E-state index in [4.69, 9.17) is 5.73 Å². The van der Waals surface area contributed by atoms with Crippen LogP contribution in [0.25, 0.3) is 16.9 Å². The summed E-state index contributed by atoms with van der Waals surface area (Å²) in [5.74, 6) is 1.16. The van der Waals surface area contributed by atoms with Gasteiger partial charge in [0.05, 0.1) is 11.9 Å². The maximum Gasteiger partial charge on any atom is 0.157 e. The molecular formula is C18H20FN5. The van der Waals surface area contributed by atoms with E-state index in [0.717, 1.165) is 37.4 Å². The van der Waals surface area contributed by atoms with Crippen LogP contribution < -0.4 is 10.6 Å². The number of hydrogen-bond donors (Lipinski definition) is 1. The second-order valence-electron chi connectivity index (χ2n) is 6.27. The molecule has 1 fully saturated rings. The van der Waals surface area contributed by atoms with Crippen molar-refractivity contribution in [3.05, 3.63) is 48.4 Å². The van der Waals surface area contributed by atoms with E-state index in [1.54, 1.807) is 18.3 Å². The van der Waals surface area contributed by atoms with Crippen molar-refractivity contribution in [2.24, 2.45) is 11.7 Å². The summed E-state index contributed by atoms with van der Waals surface area (Å²) in [5, 5.41) is 4.39. The predicted octanol–water partition coefficient (Wildman–Crippen LogP) is 2.71. The van der Waals surface area contributed by atoms with Gasteiger partial charge in [-0.15, -0.1) is 0 Å². The lowest BCUT2D eigenvalue weighted by Gasteiger charge is -2.34. The Morgan fingerprint density at radius 3 is 2.96 bits per heavy atom. The standard InChI is InChI=1S/C18H20FN5/c19-15-6-2-1-5-14(15)16-10-18(24-17(22-16)7-8-21-24)23-9-3-4-13(11-20)12-23/h1-2,5-8,10,13H,3-4,9,11-12,20H2. The van der Waals surface area contributed by atoms with E-state index in [2.05, 4.69) is 15.0 Å². The molecule has 1 aliphatic heterocycles. The van der Waals surface area contributed by atoms with Crippen molar-refractivity contribution in [3.8, 4) is 11.3 Å². The lowest BCUT2D eigenvalue weighted by atomic mass is 9.98. The highest BCUT2D eigenvalue weighted by molar-refractivity contribution is 5.67. The molecule has 0 spiro atoms. The normalized spacial score (nSPS) is 18.2. The maximum atomic E-state index is 14.2. The van der Waals surface area contributed by atoms with Crippen LogP contribution in [0.2, 0.25) is 0 Å². The van der Waals surface area contributed by atoms with Crippen LogP contribution in [0, 0.1) is 11.7 Å². The van der Waals surface area contributed by atoms with Crippen LogP contribution in [-0.2, 0) is 0 Å². The van der Waals surface area contributed by atoms with Crippen molar-refractivity contribution in [2.75, 3.05) is 24.5 Å². The van der Waals surface area contributed by atoms with Gasteiger partial charge in [-0.25, -0.2) is 9.37 Å². The third kappa shape index (κ3) is 2.63. The fraction of sp³-hybridized carbons (Fsp3) is 0.333. The molecule has 1 atom stereocenters. The minimum absolute atomic E-state index is 0.265. The zero-order valence-electron chi connectivity index (χ0n) is 13.4. The molecule has 0 radical (unpaired) electrons. The number of piperidine rings is 1. The van der Waals surface area contributed by atoms with Gasteiger partial charge in [0.15, 0.2) is 5.65 Å². The largest absolute Gasteiger partial charge is 0.356 e. The van der Waals surface area contributed by atoms with E-state index < -0.39 is 0 Å². The second-order valence-corrected chi connectivity index (χ2v) is 6.27. The zero-order chi connectivity index (χ0) is 16.5. The van der Waals surface area contributed by atoms with Gasteiger partial charge >= 0.3 is 0 Å². The molecule has 1 aliphatic rings. The highest BCUT2D eigenvalue weighted by Crippen LogP contribution is 2.28. The van der Waals surface area contributed by atoms with Gasteiger partial charge in [0.2, 0.25) is 0 Å². The Morgan fingerprint density at radius 1 is 1.25 bits per heavy atom. The first-order valence-corrected chi connectivity index (χ1v) is 8.31. The Labute approximate surface area is 139 Å². The Hall–Kier alpha value is -2.47. The minimum Gasteiger partial charge on any atom is -0.356 e. The Bertz CT molecular complexity index is 859. The van der Waals surface area contributed by atoms with Gasteiger partial charge in [-0.2, -0.15) is 9.61 Å². The van der Waals surface area contributed by atoms with Crippen molar-refractivity contribution in [2.45, 2.75) is 12.8 Å². The van der Waals surface area contributed by atoms with Gasteiger partial charge in [0.1, 0.15) is 11.6 Å². The quantitative estimate of drug-likeness (QED) is 0.804. The zero-order valence-corrected chi connectivity index (χ0v) is 13.4. The van der Waals surface area contributed by atoms with Crippen molar-refractivity contribution < 1.29 is 4.39 Å². The molecule has 0 amide bonds. The molecule has 2 N–H and O–H groups in total. The van der Waals surface area contributed by atoms with Crippen molar-refractivity contribution in [1.82, 2.24) is 14.6 Å². The summed E-state index contributed by atoms with van der Waals surface area (Å²) < 4.78 is 16.0. The second kappa shape index (κ2) is 6.20. The van der Waals surface area contributed by atoms with E-state index in [9.17, 15) is 4.39 Å². The summed E-state index contributed by atoms with van der Waals surface area (Å²) in [6, 6.07) is 10.5. The number of fused-ring (bicyclic) bond motifs is 1. The molecule has 4 rings (SSSR count). The number of halogens is 1. The van der Waals surface area contributed by atoms with Crippen LogP contribution in [0.15, 0.2) is 42.6 Å². The minimum atomic E-state index is -0.265. The number of aromatic nitrogens is 3. The van der Waals surface area contributed by atoms with Crippen LogP contribution in [0.4, 0.5) is 10.2 Å². The predicted molar refractivity (Wildman–Crippen MR) is 92.4 cm³/mol. The summed E-state index contributed by atoms with van der Waals surface area (Å²) in [6.07, 6.45) is 3.98. The van der Waals surface area contributed by atoms with Crippen LogP contribution in [0.3, 0.4) is 0 Å². The summed E-state index contributed by atoms with van der Waals surface area (Å²) in [6.45, 7) is 2.53. The van der Waals surface area contributed by atoms with Crippen molar-refractivity contribution in [3.63, 3.8) is 0 Å². The topological polar surface area (TPSA) is 59.5 Å². The van der Waals surface area contributed by atoms with Gasteiger partial charge in [0, 0.05) is 30.8 Å². The van der Waals surface area contributed by atoms with E-state index in [0.29, 0.717) is 23.7 Å². The molecule has 6 heteroatoms. The number of benzene rings is 1. The summed E-state index contributed by atoms with van der Waals surface area (Å²) >= 11 is 0. The van der Waals surface area contributed by atoms with Crippen LogP contribution >= 0.6 is 0 Å². The molecule has 1 unspecified atom stereocenters. The molecule has 5 nitrogen and oxygen atoms in total. The Balaban J connectivity index is 1.83. The molecule has 0 bridgehead atoms. The summed E-state index contributed by atoms with van der Waals surface area (Å²) in [7, 11) is 0. The lowest BCUT2D eigenvalue weighted by Crippen LogP contribution is -2.39. The van der Waals surface area contributed by atoms with Crippen molar-refractivity contribution in [1.29, 1.82) is 0 Å². The smallest absolute Gasteiger partial charge is 0.157 e. The molecule has 1 aromatic carbocycles. The van der Waals surface area contributed by atoms with Gasteiger partial charge in [-0.05, 0) is 37.4 Å². The van der Waals surface area contributed by atoms with Crippen LogP contribution in [-0.4, -0.2) is 34.2 Å². The van der Waals surface area contributed by atoms with Gasteiger partial charge in [0.25, 0.3) is 0 Å². The fourth-order valence-corrected chi connectivity index (χ4v) is 3.39. The number of nitrogens with zero attached hydrogens (tertiary/aromatic N) is 4. The number of hydrogen-bond acceptors (Lipinski definition) is 4. The van der Waals surface area contributed by atoms with Gasteiger partial charge in [-0.1, -0.05) is 12.1 Å². The lowest BCUT2D eigenvalue weighted by molar-refractivity contribution is 0.420. The maximum absolute atomic E-state index is 14.2. The van der Waals surface area contributed by atoms with Gasteiger partial charge in [-0.3, -0.25) is 0 Å². The van der Waals surface area contributed by atoms with E-state index in [1.165, 1.54) is 6.07 Å². The van der Waals surface area contributed by atoms with Crippen LogP contribution in [0.5, 0.6) is 0 Å². The van der Waals surface area contributed by atoms with E-state index >= 15 is 0 Å². The van der Waals surface area contributed by atoms with Crippen molar-refractivity contribution >= 4 is 11.5 Å². The SMILES string of the molecule is NCC1CCCN(c2cc(-c3ccccc3F)nc3ccnn23)C1. The molecule has 0 saturated carbocycles. The highest BCUT2D eigenvalue weighted by atomic mass is 19.1. The first-order chi connectivity index (χ1) is 11.8. The molecule has 3 heterocycles. The third-order valence-electron chi connectivity index (χ3n) is 4.67. The molecule has 124 valence electrons. The van der Waals surface area contributed by atoms with E-state index in [1.807, 2.05) is 22.7 Å². The molecule has 1 saturated heterocycles.